The standard InChI is InChI=1S/C14H12BrN3/c1-10(14-4-2-3-5-17-14)18-13-7-11(9-16)6-12(15)8-13/h2-8,10,18H,1H3. The van der Waals surface area contributed by atoms with E-state index in [1.165, 1.54) is 0 Å². The van der Waals surface area contributed by atoms with Gasteiger partial charge in [-0.3, -0.25) is 4.98 Å². The Hall–Kier alpha value is -1.86. The second-order valence-electron chi connectivity index (χ2n) is 3.96. The van der Waals surface area contributed by atoms with Gasteiger partial charge in [0, 0.05) is 16.4 Å². The molecular formula is C14H12BrN3. The third kappa shape index (κ3) is 3.08. The van der Waals surface area contributed by atoms with E-state index >= 15 is 0 Å². The van der Waals surface area contributed by atoms with E-state index in [2.05, 4.69) is 32.3 Å². The van der Waals surface area contributed by atoms with Gasteiger partial charge in [0.25, 0.3) is 0 Å². The van der Waals surface area contributed by atoms with E-state index in [0.717, 1.165) is 15.9 Å². The Morgan fingerprint density at radius 1 is 1.33 bits per heavy atom. The van der Waals surface area contributed by atoms with E-state index in [1.807, 2.05) is 37.3 Å². The lowest BCUT2D eigenvalue weighted by Crippen LogP contribution is -2.08. The van der Waals surface area contributed by atoms with Gasteiger partial charge in [-0.1, -0.05) is 22.0 Å². The molecule has 1 unspecified atom stereocenters. The minimum atomic E-state index is 0.0899. The molecule has 2 aromatic rings. The van der Waals surface area contributed by atoms with Gasteiger partial charge in [0.1, 0.15) is 0 Å². The lowest BCUT2D eigenvalue weighted by molar-refractivity contribution is 0.839. The molecule has 1 aromatic carbocycles. The molecule has 0 saturated carbocycles. The summed E-state index contributed by atoms with van der Waals surface area (Å²) >= 11 is 3.39. The smallest absolute Gasteiger partial charge is 0.0992 e. The summed E-state index contributed by atoms with van der Waals surface area (Å²) in [5, 5.41) is 12.3. The van der Waals surface area contributed by atoms with E-state index in [0.29, 0.717) is 5.56 Å². The third-order valence-electron chi connectivity index (χ3n) is 2.54. The number of rotatable bonds is 3. The number of anilines is 1. The molecule has 0 aliphatic heterocycles. The molecule has 3 nitrogen and oxygen atoms in total. The summed E-state index contributed by atoms with van der Waals surface area (Å²) in [5.74, 6) is 0. The molecule has 0 saturated heterocycles. The van der Waals surface area contributed by atoms with Gasteiger partial charge < -0.3 is 5.32 Å². The first-order valence-corrected chi connectivity index (χ1v) is 6.36. The van der Waals surface area contributed by atoms with Gasteiger partial charge in [0.15, 0.2) is 0 Å². The van der Waals surface area contributed by atoms with Crippen molar-refractivity contribution in [3.05, 3.63) is 58.3 Å². The highest BCUT2D eigenvalue weighted by Gasteiger charge is 2.07. The van der Waals surface area contributed by atoms with Crippen molar-refractivity contribution in [1.82, 2.24) is 4.98 Å². The molecular weight excluding hydrogens is 290 g/mol. The Morgan fingerprint density at radius 3 is 2.83 bits per heavy atom. The number of hydrogen-bond acceptors (Lipinski definition) is 3. The first kappa shape index (κ1) is 12.6. The van der Waals surface area contributed by atoms with Crippen LogP contribution in [-0.2, 0) is 0 Å². The first-order valence-electron chi connectivity index (χ1n) is 5.57. The molecule has 0 radical (unpaired) electrons. The van der Waals surface area contributed by atoms with Crippen molar-refractivity contribution >= 4 is 21.6 Å². The predicted molar refractivity (Wildman–Crippen MR) is 75.1 cm³/mol. The van der Waals surface area contributed by atoms with Gasteiger partial charge in [0.05, 0.1) is 23.4 Å². The van der Waals surface area contributed by atoms with Crippen molar-refractivity contribution in [1.29, 1.82) is 5.26 Å². The van der Waals surface area contributed by atoms with Crippen LogP contribution in [0.3, 0.4) is 0 Å². The number of benzene rings is 1. The van der Waals surface area contributed by atoms with Crippen LogP contribution in [0.2, 0.25) is 0 Å². The Kier molecular flexibility index (Phi) is 3.96. The fraction of sp³-hybridized carbons (Fsp3) is 0.143. The number of aromatic nitrogens is 1. The first-order chi connectivity index (χ1) is 8.69. The van der Waals surface area contributed by atoms with E-state index in [-0.39, 0.29) is 6.04 Å². The molecule has 4 heteroatoms. The fourth-order valence-electron chi connectivity index (χ4n) is 1.69. The highest BCUT2D eigenvalue weighted by atomic mass is 79.9. The van der Waals surface area contributed by atoms with Crippen LogP contribution in [0.25, 0.3) is 0 Å². The number of hydrogen-bond donors (Lipinski definition) is 1. The molecule has 0 fully saturated rings. The maximum absolute atomic E-state index is 8.93. The van der Waals surface area contributed by atoms with Crippen LogP contribution in [-0.4, -0.2) is 4.98 Å². The number of nitrogens with one attached hydrogen (secondary N) is 1. The topological polar surface area (TPSA) is 48.7 Å². The molecule has 90 valence electrons. The second-order valence-corrected chi connectivity index (χ2v) is 4.88. The van der Waals surface area contributed by atoms with Crippen LogP contribution in [0.15, 0.2) is 47.1 Å². The molecule has 2 rings (SSSR count). The van der Waals surface area contributed by atoms with Gasteiger partial charge >= 0.3 is 0 Å². The molecule has 18 heavy (non-hydrogen) atoms. The van der Waals surface area contributed by atoms with Crippen LogP contribution in [0.1, 0.15) is 24.2 Å². The van der Waals surface area contributed by atoms with Crippen LogP contribution >= 0.6 is 15.9 Å². The Bertz CT molecular complexity index is 575. The summed E-state index contributed by atoms with van der Waals surface area (Å²) in [6.07, 6.45) is 1.77. The molecule has 0 aliphatic rings. The van der Waals surface area contributed by atoms with Gasteiger partial charge in [-0.15, -0.1) is 0 Å². The van der Waals surface area contributed by atoms with Crippen molar-refractivity contribution in [2.75, 3.05) is 5.32 Å². The van der Waals surface area contributed by atoms with E-state index < -0.39 is 0 Å². The average Bonchev–Trinajstić information content (AvgIpc) is 2.39. The van der Waals surface area contributed by atoms with Crippen LogP contribution in [0.5, 0.6) is 0 Å². The molecule has 0 bridgehead atoms. The molecule has 1 atom stereocenters. The minimum Gasteiger partial charge on any atom is -0.377 e. The quantitative estimate of drug-likeness (QED) is 0.935. The summed E-state index contributed by atoms with van der Waals surface area (Å²) in [7, 11) is 0. The summed E-state index contributed by atoms with van der Waals surface area (Å²) < 4.78 is 0.886. The molecule has 0 spiro atoms. The van der Waals surface area contributed by atoms with Gasteiger partial charge in [-0.2, -0.15) is 5.26 Å². The van der Waals surface area contributed by atoms with Gasteiger partial charge in [-0.25, -0.2) is 0 Å². The van der Waals surface area contributed by atoms with E-state index in [9.17, 15) is 0 Å². The molecule has 0 aliphatic carbocycles. The zero-order valence-corrected chi connectivity index (χ0v) is 11.5. The average molecular weight is 302 g/mol. The maximum atomic E-state index is 8.93. The Morgan fingerprint density at radius 2 is 2.17 bits per heavy atom. The monoisotopic (exact) mass is 301 g/mol. The largest absolute Gasteiger partial charge is 0.377 e. The van der Waals surface area contributed by atoms with Crippen molar-refractivity contribution in [3.63, 3.8) is 0 Å². The third-order valence-corrected chi connectivity index (χ3v) is 3.00. The van der Waals surface area contributed by atoms with Gasteiger partial charge in [0.2, 0.25) is 0 Å². The normalized spacial score (nSPS) is 11.6. The van der Waals surface area contributed by atoms with Crippen molar-refractivity contribution in [2.45, 2.75) is 13.0 Å². The van der Waals surface area contributed by atoms with E-state index in [1.54, 1.807) is 12.3 Å². The number of nitriles is 1. The highest BCUT2D eigenvalue weighted by Crippen LogP contribution is 2.23. The number of nitrogens with zero attached hydrogens (tertiary/aromatic N) is 2. The second kappa shape index (κ2) is 5.65. The molecule has 1 N–H and O–H groups in total. The Balaban J connectivity index is 2.20. The van der Waals surface area contributed by atoms with Crippen LogP contribution in [0, 0.1) is 11.3 Å². The van der Waals surface area contributed by atoms with Crippen molar-refractivity contribution in [2.24, 2.45) is 0 Å². The van der Waals surface area contributed by atoms with Crippen molar-refractivity contribution in [3.8, 4) is 6.07 Å². The van der Waals surface area contributed by atoms with Crippen LogP contribution in [0.4, 0.5) is 5.69 Å². The SMILES string of the molecule is CC(Nc1cc(Br)cc(C#N)c1)c1ccccn1. The number of halogens is 1. The molecule has 0 amide bonds. The zero-order valence-electron chi connectivity index (χ0n) is 9.89. The maximum Gasteiger partial charge on any atom is 0.0992 e. The summed E-state index contributed by atoms with van der Waals surface area (Å²) in [6.45, 7) is 2.04. The molecule has 1 aromatic heterocycles. The Labute approximate surface area is 115 Å². The van der Waals surface area contributed by atoms with Gasteiger partial charge in [-0.05, 0) is 37.3 Å². The summed E-state index contributed by atoms with van der Waals surface area (Å²) in [6, 6.07) is 13.6. The highest BCUT2D eigenvalue weighted by molar-refractivity contribution is 9.10. The van der Waals surface area contributed by atoms with Crippen molar-refractivity contribution < 1.29 is 0 Å². The summed E-state index contributed by atoms with van der Waals surface area (Å²) in [5.41, 5.74) is 2.50. The minimum absolute atomic E-state index is 0.0899. The summed E-state index contributed by atoms with van der Waals surface area (Å²) in [4.78, 5) is 4.30. The predicted octanol–water partition coefficient (Wildman–Crippen LogP) is 3.89. The van der Waals surface area contributed by atoms with E-state index in [4.69, 9.17) is 5.26 Å². The zero-order chi connectivity index (χ0) is 13.0. The lowest BCUT2D eigenvalue weighted by atomic mass is 10.1. The number of pyridine rings is 1. The molecule has 1 heterocycles. The van der Waals surface area contributed by atoms with Crippen LogP contribution < -0.4 is 5.32 Å². The lowest BCUT2D eigenvalue weighted by Gasteiger charge is -2.15. The fourth-order valence-corrected chi connectivity index (χ4v) is 2.19.